The Morgan fingerprint density at radius 2 is 1.93 bits per heavy atom. The monoisotopic (exact) mass is 613 g/mol. The highest BCUT2D eigenvalue weighted by molar-refractivity contribution is 7.51. The van der Waals surface area contributed by atoms with Gasteiger partial charge in [0.25, 0.3) is 0 Å². The van der Waals surface area contributed by atoms with E-state index in [1.54, 1.807) is 22.7 Å². The summed E-state index contributed by atoms with van der Waals surface area (Å²) in [6, 6.07) is 0. The van der Waals surface area contributed by atoms with Crippen LogP contribution in [0.4, 0.5) is 9.53 Å². The molecule has 2 aromatic rings. The molecule has 2 N–H and O–H groups in total. The molecule has 1 atom stereocenters. The summed E-state index contributed by atoms with van der Waals surface area (Å²) < 4.78 is 24.3. The normalized spacial score (nSPS) is 13.8. The number of carbonyl (C=O) groups is 2. The highest BCUT2D eigenvalue weighted by atomic mass is 32.1. The lowest BCUT2D eigenvalue weighted by Gasteiger charge is -2.26. The number of rotatable bonds is 17. The van der Waals surface area contributed by atoms with Gasteiger partial charge in [-0.05, 0) is 64.3 Å². The van der Waals surface area contributed by atoms with E-state index in [4.69, 9.17) is 14.2 Å². The number of thiazole rings is 1. The SMILES string of the molecule is CCc1sc(NC(=O)CCNCCOC(C)(C)CCP(C)OCC(=O)OF)c(-c2nc3c(s2)=CCCC=3)c1CC. The average Bonchev–Trinajstić information content (AvgIpc) is 3.52. The molecule has 0 saturated heterocycles. The third-order valence-electron chi connectivity index (χ3n) is 6.57. The van der Waals surface area contributed by atoms with Crippen LogP contribution in [-0.2, 0) is 36.6 Å². The Morgan fingerprint density at radius 3 is 2.62 bits per heavy atom. The minimum absolute atomic E-state index is 0.0195. The number of ether oxygens (including phenoxy) is 1. The van der Waals surface area contributed by atoms with E-state index >= 15 is 0 Å². The fourth-order valence-electron chi connectivity index (χ4n) is 4.33. The number of hydrogen-bond donors (Lipinski definition) is 2. The summed E-state index contributed by atoms with van der Waals surface area (Å²) in [6.45, 7) is 11.5. The number of halogens is 1. The van der Waals surface area contributed by atoms with Crippen LogP contribution in [-0.4, -0.2) is 61.6 Å². The molecule has 1 unspecified atom stereocenters. The van der Waals surface area contributed by atoms with Crippen LogP contribution in [0.5, 0.6) is 0 Å². The molecule has 0 radical (unpaired) electrons. The topological polar surface area (TPSA) is 98.8 Å². The van der Waals surface area contributed by atoms with Crippen molar-refractivity contribution in [3.8, 4) is 10.6 Å². The molecule has 1 amide bonds. The van der Waals surface area contributed by atoms with Crippen LogP contribution in [0, 0.1) is 0 Å². The molecule has 0 aliphatic heterocycles. The number of carbonyl (C=O) groups excluding carboxylic acids is 2. The van der Waals surface area contributed by atoms with Gasteiger partial charge in [0.2, 0.25) is 5.91 Å². The predicted molar refractivity (Wildman–Crippen MR) is 163 cm³/mol. The minimum atomic E-state index is -1.02. The van der Waals surface area contributed by atoms with Crippen molar-refractivity contribution in [1.29, 1.82) is 0 Å². The van der Waals surface area contributed by atoms with Crippen LogP contribution in [0.15, 0.2) is 0 Å². The summed E-state index contributed by atoms with van der Waals surface area (Å²) in [4.78, 5) is 33.1. The first-order chi connectivity index (χ1) is 19.2. The standard InChI is InChI=1S/C28H41FN3O5PS2/c1-6-19-21(7-2)39-27(25(19)26-31-20-10-8-9-11-22(20)40-26)32-23(33)12-14-30-15-16-35-28(3,4)13-17-38(5)36-18-24(34)37-29/h10-11,30H,6-9,12-18H2,1-5H3,(H,32,33). The number of nitrogens with zero attached hydrogens (tertiary/aromatic N) is 1. The molecule has 0 aromatic carbocycles. The van der Waals surface area contributed by atoms with Crippen LogP contribution in [0.1, 0.15) is 63.8 Å². The van der Waals surface area contributed by atoms with Crippen LogP contribution in [0.3, 0.4) is 0 Å². The molecule has 12 heteroatoms. The molecule has 40 heavy (non-hydrogen) atoms. The summed E-state index contributed by atoms with van der Waals surface area (Å²) in [5, 5.41) is 9.42. The Balaban J connectivity index is 1.45. The van der Waals surface area contributed by atoms with E-state index in [0.29, 0.717) is 26.1 Å². The van der Waals surface area contributed by atoms with Gasteiger partial charge in [-0.15, -0.1) is 22.7 Å². The van der Waals surface area contributed by atoms with Crippen molar-refractivity contribution in [2.45, 2.75) is 71.8 Å². The summed E-state index contributed by atoms with van der Waals surface area (Å²) in [5.74, 6) is -1.04. The lowest BCUT2D eigenvalue weighted by Crippen LogP contribution is -2.31. The molecule has 2 aromatic heterocycles. The molecule has 0 spiro atoms. The number of nitrogens with one attached hydrogen (secondary N) is 2. The van der Waals surface area contributed by atoms with Crippen LogP contribution in [0.25, 0.3) is 22.7 Å². The molecule has 3 rings (SSSR count). The van der Waals surface area contributed by atoms with E-state index in [0.717, 1.165) is 59.2 Å². The smallest absolute Gasteiger partial charge is 0.374 e. The van der Waals surface area contributed by atoms with E-state index in [1.165, 1.54) is 15.0 Å². The fourth-order valence-corrected chi connectivity index (χ4v) is 8.06. The van der Waals surface area contributed by atoms with Gasteiger partial charge in [0.15, 0.2) is 6.61 Å². The van der Waals surface area contributed by atoms with Gasteiger partial charge in [0.05, 0.1) is 22.1 Å². The first-order valence-electron chi connectivity index (χ1n) is 13.8. The summed E-state index contributed by atoms with van der Waals surface area (Å²) in [7, 11) is -0.870. The minimum Gasteiger partial charge on any atom is -0.374 e. The molecular formula is C28H41FN3O5PS2. The fraction of sp³-hybridized carbons (Fsp3) is 0.607. The molecule has 0 fully saturated rings. The van der Waals surface area contributed by atoms with Gasteiger partial charge < -0.3 is 19.9 Å². The number of amides is 1. The number of fused-ring (bicyclic) bond motifs is 1. The van der Waals surface area contributed by atoms with E-state index in [2.05, 4.69) is 41.6 Å². The van der Waals surface area contributed by atoms with Gasteiger partial charge in [-0.1, -0.05) is 26.0 Å². The van der Waals surface area contributed by atoms with Crippen LogP contribution < -0.4 is 20.5 Å². The molecule has 0 saturated carbocycles. The van der Waals surface area contributed by atoms with Crippen LogP contribution >= 0.6 is 30.8 Å². The number of aromatic nitrogens is 1. The summed E-state index contributed by atoms with van der Waals surface area (Å²) in [5.41, 5.74) is 2.01. The Bertz CT molecular complexity index is 1230. The first kappa shape index (κ1) is 32.8. The summed E-state index contributed by atoms with van der Waals surface area (Å²) >= 11 is 3.38. The Morgan fingerprint density at radius 1 is 1.15 bits per heavy atom. The Kier molecular flexibility index (Phi) is 13.1. The number of aryl methyl sites for hydroxylation is 1. The predicted octanol–water partition coefficient (Wildman–Crippen LogP) is 4.93. The van der Waals surface area contributed by atoms with Gasteiger partial charge in [-0.2, -0.15) is 0 Å². The van der Waals surface area contributed by atoms with Crippen molar-refractivity contribution in [3.63, 3.8) is 0 Å². The van der Waals surface area contributed by atoms with Crippen molar-refractivity contribution in [2.75, 3.05) is 44.4 Å². The van der Waals surface area contributed by atoms with E-state index in [1.807, 2.05) is 20.5 Å². The zero-order valence-electron chi connectivity index (χ0n) is 24.1. The van der Waals surface area contributed by atoms with E-state index < -0.39 is 14.1 Å². The van der Waals surface area contributed by atoms with Gasteiger partial charge in [0.1, 0.15) is 10.0 Å². The average molecular weight is 614 g/mol. The van der Waals surface area contributed by atoms with Crippen LogP contribution in [0.2, 0.25) is 0 Å². The van der Waals surface area contributed by atoms with Gasteiger partial charge in [-0.3, -0.25) is 9.74 Å². The largest absolute Gasteiger partial charge is 0.374 e. The molecule has 8 nitrogen and oxygen atoms in total. The highest BCUT2D eigenvalue weighted by Crippen LogP contribution is 2.41. The maximum Gasteiger partial charge on any atom is 0.374 e. The lowest BCUT2D eigenvalue weighted by molar-refractivity contribution is -0.185. The molecule has 1 aliphatic carbocycles. The zero-order chi connectivity index (χ0) is 29.1. The molecule has 0 bridgehead atoms. The molecular weight excluding hydrogens is 572 g/mol. The van der Waals surface area contributed by atoms with Crippen molar-refractivity contribution in [2.24, 2.45) is 0 Å². The van der Waals surface area contributed by atoms with Crippen molar-refractivity contribution >= 4 is 59.9 Å². The van der Waals surface area contributed by atoms with E-state index in [-0.39, 0.29) is 18.1 Å². The highest BCUT2D eigenvalue weighted by Gasteiger charge is 2.22. The Labute approximate surface area is 245 Å². The maximum atomic E-state index is 12.9. The zero-order valence-corrected chi connectivity index (χ0v) is 26.6. The number of hydrogen-bond acceptors (Lipinski definition) is 9. The molecule has 2 heterocycles. The lowest BCUT2D eigenvalue weighted by atomic mass is 10.1. The second kappa shape index (κ2) is 16.0. The van der Waals surface area contributed by atoms with Crippen molar-refractivity contribution in [1.82, 2.24) is 10.3 Å². The number of thiophene rings is 1. The maximum absolute atomic E-state index is 12.9. The quantitative estimate of drug-likeness (QED) is 0.193. The van der Waals surface area contributed by atoms with Crippen molar-refractivity contribution in [3.05, 3.63) is 20.3 Å². The van der Waals surface area contributed by atoms with Gasteiger partial charge in [-0.25, -0.2) is 9.78 Å². The van der Waals surface area contributed by atoms with Gasteiger partial charge >= 0.3 is 5.97 Å². The van der Waals surface area contributed by atoms with Crippen molar-refractivity contribution < 1.29 is 28.3 Å². The summed E-state index contributed by atoms with van der Waals surface area (Å²) in [6.07, 6.45) is 10.2. The third-order valence-corrected chi connectivity index (χ3v) is 10.4. The number of anilines is 1. The second-order valence-electron chi connectivity index (χ2n) is 10.1. The first-order valence-corrected chi connectivity index (χ1v) is 17.3. The Hall–Kier alpha value is -1.75. The molecule has 1 aliphatic rings. The molecule has 222 valence electrons. The van der Waals surface area contributed by atoms with Gasteiger partial charge in [0, 0.05) is 42.6 Å². The third kappa shape index (κ3) is 9.67. The second-order valence-corrected chi connectivity index (χ2v) is 14.2. The van der Waals surface area contributed by atoms with E-state index in [9.17, 15) is 14.1 Å².